The fourth-order valence-corrected chi connectivity index (χ4v) is 1.66. The van der Waals surface area contributed by atoms with Crippen molar-refractivity contribution in [2.24, 2.45) is 5.73 Å². The fraction of sp³-hybridized carbons (Fsp3) is 0.300. The second kappa shape index (κ2) is 5.15. The van der Waals surface area contributed by atoms with Gasteiger partial charge in [0.25, 0.3) is 0 Å². The molecule has 0 aromatic heterocycles. The molecule has 1 aromatic carbocycles. The van der Waals surface area contributed by atoms with Gasteiger partial charge in [-0.1, -0.05) is 12.1 Å². The van der Waals surface area contributed by atoms with Crippen LogP contribution >= 0.6 is 0 Å². The van der Waals surface area contributed by atoms with Crippen LogP contribution in [0.1, 0.15) is 5.56 Å². The van der Waals surface area contributed by atoms with Gasteiger partial charge in [0, 0.05) is 0 Å². The summed E-state index contributed by atoms with van der Waals surface area (Å²) in [4.78, 5) is 10.5. The van der Waals surface area contributed by atoms with Crippen LogP contribution in [0.3, 0.4) is 0 Å². The third-order valence-electron chi connectivity index (χ3n) is 1.94. The first-order valence-electron chi connectivity index (χ1n) is 4.75. The van der Waals surface area contributed by atoms with Crippen molar-refractivity contribution in [2.45, 2.75) is 12.5 Å². The minimum Gasteiger partial charge on any atom is -0.480 e. The topological polar surface area (TPSA) is 107 Å². The lowest BCUT2D eigenvalue weighted by Gasteiger charge is -2.07. The first-order valence-corrected chi connectivity index (χ1v) is 6.56. The van der Waals surface area contributed by atoms with E-state index in [0.717, 1.165) is 6.26 Å². The van der Waals surface area contributed by atoms with Crippen LogP contribution in [0.5, 0.6) is 5.75 Å². The molecular weight excluding hydrogens is 246 g/mol. The monoisotopic (exact) mass is 259 g/mol. The van der Waals surface area contributed by atoms with Crippen LogP contribution in [-0.2, 0) is 21.3 Å². The Morgan fingerprint density at radius 1 is 1.41 bits per heavy atom. The summed E-state index contributed by atoms with van der Waals surface area (Å²) in [6.07, 6.45) is 1.12. The van der Waals surface area contributed by atoms with Crippen molar-refractivity contribution in [2.75, 3.05) is 6.26 Å². The Balaban J connectivity index is 2.72. The lowest BCUT2D eigenvalue weighted by Crippen LogP contribution is -2.32. The summed E-state index contributed by atoms with van der Waals surface area (Å²) in [5.41, 5.74) is 6.06. The molecule has 0 fully saturated rings. The fourth-order valence-electron chi connectivity index (χ4n) is 1.20. The molecule has 0 saturated carbocycles. The Morgan fingerprint density at radius 2 is 1.94 bits per heavy atom. The summed E-state index contributed by atoms with van der Waals surface area (Å²) < 4.78 is 26.3. The van der Waals surface area contributed by atoms with E-state index in [1.807, 2.05) is 0 Å². The number of benzene rings is 1. The minimum absolute atomic E-state index is 0.175. The number of hydrogen-bond donors (Lipinski definition) is 2. The van der Waals surface area contributed by atoms with Gasteiger partial charge in [0.05, 0.1) is 6.26 Å². The molecule has 0 amide bonds. The normalized spacial score (nSPS) is 13.1. The van der Waals surface area contributed by atoms with Crippen molar-refractivity contribution >= 4 is 16.1 Å². The van der Waals surface area contributed by atoms with E-state index in [4.69, 9.17) is 10.8 Å². The molecule has 94 valence electrons. The molecule has 0 saturated heterocycles. The molecule has 1 unspecified atom stereocenters. The predicted octanol–water partition coefficient (Wildman–Crippen LogP) is -0.0206. The summed E-state index contributed by atoms with van der Waals surface area (Å²) in [5.74, 6) is -0.901. The number of nitrogens with two attached hydrogens (primary N) is 1. The van der Waals surface area contributed by atoms with Crippen LogP contribution < -0.4 is 9.92 Å². The summed E-state index contributed by atoms with van der Waals surface area (Å²) >= 11 is 0. The lowest BCUT2D eigenvalue weighted by molar-refractivity contribution is -0.138. The maximum atomic E-state index is 10.8. The Hall–Kier alpha value is -1.60. The minimum atomic E-state index is -3.55. The summed E-state index contributed by atoms with van der Waals surface area (Å²) in [6, 6.07) is 5.07. The van der Waals surface area contributed by atoms with Crippen molar-refractivity contribution in [1.82, 2.24) is 0 Å². The second-order valence-corrected chi connectivity index (χ2v) is 5.16. The largest absolute Gasteiger partial charge is 0.480 e. The zero-order valence-corrected chi connectivity index (χ0v) is 9.98. The number of aliphatic carboxylic acids is 1. The van der Waals surface area contributed by atoms with Crippen molar-refractivity contribution in [3.05, 3.63) is 29.8 Å². The van der Waals surface area contributed by atoms with Gasteiger partial charge in [-0.3, -0.25) is 4.79 Å². The highest BCUT2D eigenvalue weighted by molar-refractivity contribution is 7.86. The van der Waals surface area contributed by atoms with Gasteiger partial charge in [0.15, 0.2) is 0 Å². The molecule has 6 nitrogen and oxygen atoms in total. The summed E-state index contributed by atoms with van der Waals surface area (Å²) in [5, 5.41) is 8.62. The smallest absolute Gasteiger partial charge is 0.320 e. The third kappa shape index (κ3) is 4.83. The Labute approximate surface area is 99.1 Å². The van der Waals surface area contributed by atoms with E-state index in [1.165, 1.54) is 12.1 Å². The van der Waals surface area contributed by atoms with Gasteiger partial charge < -0.3 is 15.0 Å². The van der Waals surface area contributed by atoms with E-state index in [1.54, 1.807) is 12.1 Å². The molecule has 17 heavy (non-hydrogen) atoms. The molecule has 7 heteroatoms. The van der Waals surface area contributed by atoms with Crippen LogP contribution in [0.15, 0.2) is 24.3 Å². The zero-order chi connectivity index (χ0) is 13.1. The van der Waals surface area contributed by atoms with E-state index in [2.05, 4.69) is 4.18 Å². The molecule has 0 heterocycles. The molecule has 1 rings (SSSR count). The molecular formula is C10H13NO5S. The van der Waals surface area contributed by atoms with E-state index in [0.29, 0.717) is 5.56 Å². The van der Waals surface area contributed by atoms with Crippen LogP contribution in [0.2, 0.25) is 0 Å². The molecule has 1 atom stereocenters. The van der Waals surface area contributed by atoms with E-state index in [-0.39, 0.29) is 12.2 Å². The molecule has 0 spiro atoms. The van der Waals surface area contributed by atoms with Gasteiger partial charge in [0.1, 0.15) is 11.8 Å². The average Bonchev–Trinajstić information content (AvgIpc) is 2.18. The predicted molar refractivity (Wildman–Crippen MR) is 61.2 cm³/mol. The molecule has 1 aromatic rings. The number of carboxylic acid groups (broad SMARTS) is 1. The molecule has 0 aliphatic heterocycles. The first kappa shape index (κ1) is 13.5. The Morgan fingerprint density at radius 3 is 2.35 bits per heavy atom. The van der Waals surface area contributed by atoms with E-state index in [9.17, 15) is 13.2 Å². The molecule has 3 N–H and O–H groups in total. The summed E-state index contributed by atoms with van der Waals surface area (Å²) in [6.45, 7) is 0. The number of carbonyl (C=O) groups is 1. The average molecular weight is 259 g/mol. The number of carboxylic acids is 1. The van der Waals surface area contributed by atoms with Gasteiger partial charge in [-0.05, 0) is 24.1 Å². The van der Waals surface area contributed by atoms with Gasteiger partial charge in [-0.25, -0.2) is 0 Å². The van der Waals surface area contributed by atoms with Crippen LogP contribution in [0, 0.1) is 0 Å². The van der Waals surface area contributed by atoms with Crippen LogP contribution in [0.25, 0.3) is 0 Å². The van der Waals surface area contributed by atoms with Gasteiger partial charge in [-0.15, -0.1) is 0 Å². The number of rotatable bonds is 5. The zero-order valence-electron chi connectivity index (χ0n) is 9.16. The highest BCUT2D eigenvalue weighted by atomic mass is 32.2. The van der Waals surface area contributed by atoms with Crippen molar-refractivity contribution < 1.29 is 22.5 Å². The molecule has 0 aliphatic rings. The first-order chi connectivity index (χ1) is 7.78. The van der Waals surface area contributed by atoms with Crippen LogP contribution in [0.4, 0.5) is 0 Å². The molecule has 0 aliphatic carbocycles. The quantitative estimate of drug-likeness (QED) is 0.720. The lowest BCUT2D eigenvalue weighted by atomic mass is 10.1. The standard InChI is InChI=1S/C10H13NO5S/c1-17(14,15)16-8-4-2-7(3-5-8)6-9(11)10(12)13/h2-5,9H,6,11H2,1H3,(H,12,13). The van der Waals surface area contributed by atoms with Gasteiger partial charge >= 0.3 is 16.1 Å². The highest BCUT2D eigenvalue weighted by Gasteiger charge is 2.12. The maximum absolute atomic E-state index is 10.8. The van der Waals surface area contributed by atoms with E-state index >= 15 is 0 Å². The maximum Gasteiger partial charge on any atom is 0.320 e. The van der Waals surface area contributed by atoms with Crippen molar-refractivity contribution in [1.29, 1.82) is 0 Å². The summed E-state index contributed by atoms with van der Waals surface area (Å²) in [7, 11) is -3.55. The molecule has 0 radical (unpaired) electrons. The van der Waals surface area contributed by atoms with Crippen LogP contribution in [-0.4, -0.2) is 31.8 Å². The van der Waals surface area contributed by atoms with Crippen molar-refractivity contribution in [3.8, 4) is 5.75 Å². The Bertz CT molecular complexity index is 494. The number of hydrogen-bond acceptors (Lipinski definition) is 5. The SMILES string of the molecule is CS(=O)(=O)Oc1ccc(CC(N)C(=O)O)cc1. The third-order valence-corrected chi connectivity index (χ3v) is 2.44. The second-order valence-electron chi connectivity index (χ2n) is 3.58. The highest BCUT2D eigenvalue weighted by Crippen LogP contribution is 2.14. The molecule has 0 bridgehead atoms. The Kier molecular flexibility index (Phi) is 4.08. The van der Waals surface area contributed by atoms with Crippen molar-refractivity contribution in [3.63, 3.8) is 0 Å². The van der Waals surface area contributed by atoms with E-state index < -0.39 is 22.1 Å². The van der Waals surface area contributed by atoms with Gasteiger partial charge in [0.2, 0.25) is 0 Å². The van der Waals surface area contributed by atoms with Gasteiger partial charge in [-0.2, -0.15) is 8.42 Å².